The quantitative estimate of drug-likeness (QED) is 0.446. The molecular formula is C28H36FNO3S. The van der Waals surface area contributed by atoms with Gasteiger partial charge in [0.2, 0.25) is 0 Å². The van der Waals surface area contributed by atoms with Crippen LogP contribution in [-0.4, -0.2) is 56.7 Å². The summed E-state index contributed by atoms with van der Waals surface area (Å²) in [5.74, 6) is 2.03. The van der Waals surface area contributed by atoms with Crippen molar-refractivity contribution in [1.29, 1.82) is 0 Å². The molecule has 1 saturated carbocycles. The molecule has 184 valence electrons. The highest BCUT2D eigenvalue weighted by Gasteiger charge is 2.37. The number of likely N-dealkylation sites (tertiary alicyclic amines) is 1. The first-order valence-corrected chi connectivity index (χ1v) is 14.7. The Bertz CT molecular complexity index is 1070. The third kappa shape index (κ3) is 6.01. The van der Waals surface area contributed by atoms with Gasteiger partial charge in [-0.05, 0) is 79.7 Å². The number of ether oxygens (including phenoxy) is 1. The number of benzene rings is 2. The standard InChI is InChI=1S/C28H36FNO3S/c29-24-13-14-30(19-24)28-12-10-23-9-11-25(33-15-4-16-34(31,32)20-22-7-8-22)18-26(23)27(28)17-21-5-2-1-3-6-21/h1-3,5-6,9,11,18,22,24,27-28H,4,7-8,10,12-17,19-20H2. The molecule has 4 nitrogen and oxygen atoms in total. The van der Waals surface area contributed by atoms with Crippen molar-refractivity contribution in [3.8, 4) is 5.75 Å². The van der Waals surface area contributed by atoms with Crippen LogP contribution in [0.3, 0.4) is 0 Å². The molecular weight excluding hydrogens is 449 g/mol. The Hall–Kier alpha value is -1.92. The van der Waals surface area contributed by atoms with Crippen LogP contribution in [0.2, 0.25) is 0 Å². The lowest BCUT2D eigenvalue weighted by Gasteiger charge is -2.39. The summed E-state index contributed by atoms with van der Waals surface area (Å²) in [4.78, 5) is 2.36. The van der Waals surface area contributed by atoms with Crippen LogP contribution < -0.4 is 4.74 Å². The molecule has 2 fully saturated rings. The SMILES string of the molecule is O=S(=O)(CCCOc1ccc2c(c1)C(Cc1ccccc1)C(N1CCC(F)C1)CC2)CC1CC1. The Balaban J connectivity index is 1.29. The Morgan fingerprint density at radius 3 is 2.59 bits per heavy atom. The van der Waals surface area contributed by atoms with Crippen LogP contribution in [-0.2, 0) is 22.7 Å². The second kappa shape index (κ2) is 10.4. The fourth-order valence-corrected chi connectivity index (χ4v) is 7.51. The number of aryl methyl sites for hydroxylation is 1. The molecule has 6 heteroatoms. The minimum absolute atomic E-state index is 0.201. The fourth-order valence-electron chi connectivity index (χ4n) is 5.74. The molecule has 0 bridgehead atoms. The summed E-state index contributed by atoms with van der Waals surface area (Å²) in [6.07, 6.45) is 5.52. The molecule has 1 heterocycles. The van der Waals surface area contributed by atoms with E-state index < -0.39 is 16.0 Å². The summed E-state index contributed by atoms with van der Waals surface area (Å²) in [5.41, 5.74) is 3.96. The van der Waals surface area contributed by atoms with Crippen molar-refractivity contribution in [2.24, 2.45) is 5.92 Å². The largest absolute Gasteiger partial charge is 0.494 e. The zero-order valence-corrected chi connectivity index (χ0v) is 20.7. The van der Waals surface area contributed by atoms with E-state index in [9.17, 15) is 12.8 Å². The lowest BCUT2D eigenvalue weighted by atomic mass is 9.75. The number of nitrogens with zero attached hydrogens (tertiary/aromatic N) is 1. The zero-order valence-electron chi connectivity index (χ0n) is 19.9. The average molecular weight is 486 g/mol. The van der Waals surface area contributed by atoms with E-state index in [1.54, 1.807) is 0 Å². The number of rotatable bonds is 10. The topological polar surface area (TPSA) is 46.6 Å². The third-order valence-corrected chi connectivity index (χ3v) is 9.57. The summed E-state index contributed by atoms with van der Waals surface area (Å²) >= 11 is 0. The van der Waals surface area contributed by atoms with Gasteiger partial charge in [0.25, 0.3) is 0 Å². The Morgan fingerprint density at radius 1 is 1.03 bits per heavy atom. The van der Waals surface area contributed by atoms with Gasteiger partial charge in [-0.3, -0.25) is 4.90 Å². The van der Waals surface area contributed by atoms with E-state index in [2.05, 4.69) is 41.3 Å². The van der Waals surface area contributed by atoms with E-state index in [1.807, 2.05) is 12.1 Å². The van der Waals surface area contributed by atoms with Crippen molar-refractivity contribution >= 4 is 9.84 Å². The Morgan fingerprint density at radius 2 is 1.85 bits per heavy atom. The smallest absolute Gasteiger partial charge is 0.150 e. The Kier molecular flexibility index (Phi) is 7.26. The summed E-state index contributed by atoms with van der Waals surface area (Å²) in [6.45, 7) is 1.78. The maximum atomic E-state index is 14.1. The fraction of sp³-hybridized carbons (Fsp3) is 0.571. The molecule has 2 aromatic rings. The predicted molar refractivity (Wildman–Crippen MR) is 134 cm³/mol. The third-order valence-electron chi connectivity index (χ3n) is 7.68. The molecule has 3 aliphatic rings. The highest BCUT2D eigenvalue weighted by molar-refractivity contribution is 7.91. The zero-order chi connectivity index (χ0) is 23.5. The highest BCUT2D eigenvalue weighted by Crippen LogP contribution is 2.40. The second-order valence-corrected chi connectivity index (χ2v) is 12.6. The molecule has 2 aromatic carbocycles. The first-order chi connectivity index (χ1) is 16.5. The summed E-state index contributed by atoms with van der Waals surface area (Å²) in [5, 5.41) is 0. The molecule has 0 N–H and O–H groups in total. The second-order valence-electron chi connectivity index (χ2n) is 10.4. The monoisotopic (exact) mass is 485 g/mol. The van der Waals surface area contributed by atoms with E-state index >= 15 is 0 Å². The van der Waals surface area contributed by atoms with Gasteiger partial charge < -0.3 is 4.74 Å². The van der Waals surface area contributed by atoms with Crippen LogP contribution in [0.5, 0.6) is 5.75 Å². The molecule has 0 amide bonds. The number of sulfone groups is 1. The minimum atomic E-state index is -2.97. The maximum absolute atomic E-state index is 14.1. The van der Waals surface area contributed by atoms with Gasteiger partial charge in [0.15, 0.2) is 9.84 Å². The molecule has 0 aromatic heterocycles. The van der Waals surface area contributed by atoms with E-state index in [0.29, 0.717) is 49.6 Å². The van der Waals surface area contributed by atoms with Crippen LogP contribution in [0.1, 0.15) is 54.7 Å². The van der Waals surface area contributed by atoms with Gasteiger partial charge in [-0.1, -0.05) is 36.4 Å². The van der Waals surface area contributed by atoms with Crippen LogP contribution in [0, 0.1) is 5.92 Å². The van der Waals surface area contributed by atoms with Gasteiger partial charge in [0.1, 0.15) is 11.9 Å². The molecule has 2 aliphatic carbocycles. The highest BCUT2D eigenvalue weighted by atomic mass is 32.2. The normalized spacial score (nSPS) is 25.3. The number of halogens is 1. The predicted octanol–water partition coefficient (Wildman–Crippen LogP) is 4.97. The first kappa shape index (κ1) is 23.8. The lowest BCUT2D eigenvalue weighted by molar-refractivity contribution is 0.174. The minimum Gasteiger partial charge on any atom is -0.494 e. The number of fused-ring (bicyclic) bond motifs is 1. The first-order valence-electron chi connectivity index (χ1n) is 12.8. The van der Waals surface area contributed by atoms with Gasteiger partial charge in [0, 0.05) is 25.0 Å². The van der Waals surface area contributed by atoms with E-state index in [0.717, 1.165) is 44.4 Å². The molecule has 0 radical (unpaired) electrons. The molecule has 34 heavy (non-hydrogen) atoms. The Labute approximate surface area is 203 Å². The van der Waals surface area contributed by atoms with Crippen LogP contribution >= 0.6 is 0 Å². The average Bonchev–Trinajstić information content (AvgIpc) is 3.53. The summed E-state index contributed by atoms with van der Waals surface area (Å²) in [6, 6.07) is 17.2. The van der Waals surface area contributed by atoms with Crippen molar-refractivity contribution in [3.63, 3.8) is 0 Å². The molecule has 1 aliphatic heterocycles. The summed E-state index contributed by atoms with van der Waals surface area (Å²) in [7, 11) is -2.97. The number of hydrogen-bond donors (Lipinski definition) is 0. The van der Waals surface area contributed by atoms with Crippen molar-refractivity contribution in [2.45, 2.75) is 63.1 Å². The van der Waals surface area contributed by atoms with Crippen LogP contribution in [0.25, 0.3) is 0 Å². The van der Waals surface area contributed by atoms with Gasteiger partial charge in [-0.2, -0.15) is 0 Å². The van der Waals surface area contributed by atoms with Gasteiger partial charge >= 0.3 is 0 Å². The van der Waals surface area contributed by atoms with Crippen molar-refractivity contribution in [2.75, 3.05) is 31.2 Å². The van der Waals surface area contributed by atoms with E-state index in [1.165, 1.54) is 16.7 Å². The number of alkyl halides is 1. The molecule has 3 atom stereocenters. The van der Waals surface area contributed by atoms with Crippen molar-refractivity contribution in [1.82, 2.24) is 4.90 Å². The molecule has 5 rings (SSSR count). The molecule has 1 saturated heterocycles. The number of hydrogen-bond acceptors (Lipinski definition) is 4. The van der Waals surface area contributed by atoms with Crippen LogP contribution in [0.15, 0.2) is 48.5 Å². The van der Waals surface area contributed by atoms with Gasteiger partial charge in [0.05, 0.1) is 18.1 Å². The lowest BCUT2D eigenvalue weighted by Crippen LogP contribution is -2.42. The van der Waals surface area contributed by atoms with Gasteiger partial charge in [-0.15, -0.1) is 0 Å². The maximum Gasteiger partial charge on any atom is 0.150 e. The summed E-state index contributed by atoms with van der Waals surface area (Å²) < 4.78 is 44.5. The molecule has 3 unspecified atom stereocenters. The van der Waals surface area contributed by atoms with E-state index in [-0.39, 0.29) is 5.75 Å². The van der Waals surface area contributed by atoms with Gasteiger partial charge in [-0.25, -0.2) is 12.8 Å². The van der Waals surface area contributed by atoms with Crippen molar-refractivity contribution < 1.29 is 17.5 Å². The molecule has 0 spiro atoms. The van der Waals surface area contributed by atoms with Crippen LogP contribution in [0.4, 0.5) is 4.39 Å². The van der Waals surface area contributed by atoms with E-state index in [4.69, 9.17) is 4.74 Å². The van der Waals surface area contributed by atoms with Crippen molar-refractivity contribution in [3.05, 3.63) is 65.2 Å².